The van der Waals surface area contributed by atoms with E-state index < -0.39 is 11.5 Å². The van der Waals surface area contributed by atoms with E-state index in [0.29, 0.717) is 0 Å². The molecule has 1 fully saturated rings. The minimum atomic E-state index is -0.606. The normalized spacial score (nSPS) is 21.5. The van der Waals surface area contributed by atoms with Crippen molar-refractivity contribution in [3.05, 3.63) is 21.9 Å². The van der Waals surface area contributed by atoms with Crippen molar-refractivity contribution in [2.24, 2.45) is 5.41 Å². The molecule has 0 spiro atoms. The number of hydrogen-bond acceptors (Lipinski definition) is 3. The fraction of sp³-hybridized carbons (Fsp3) is 0.643. The monoisotopic (exact) mass is 249 g/mol. The number of nitrogens with zero attached hydrogens (tertiary/aromatic N) is 1. The maximum atomic E-state index is 10.6. The molecule has 1 saturated carbocycles. The van der Waals surface area contributed by atoms with E-state index in [1.165, 1.54) is 12.8 Å². The van der Waals surface area contributed by atoms with E-state index in [0.717, 1.165) is 36.1 Å². The molecule has 1 aromatic rings. The maximum absolute atomic E-state index is 10.6. The van der Waals surface area contributed by atoms with Gasteiger partial charge in [-0.2, -0.15) is 5.26 Å². The summed E-state index contributed by atoms with van der Waals surface area (Å²) in [6.45, 7) is 2.01. The van der Waals surface area contributed by atoms with E-state index in [9.17, 15) is 10.4 Å². The molecule has 3 heteroatoms. The van der Waals surface area contributed by atoms with Gasteiger partial charge in [0.1, 0.15) is 6.10 Å². The number of rotatable bonds is 2. The Balaban J connectivity index is 2.28. The third-order valence-electron chi connectivity index (χ3n) is 3.89. The highest BCUT2D eigenvalue weighted by Gasteiger charge is 2.40. The highest BCUT2D eigenvalue weighted by Crippen LogP contribution is 2.46. The molecule has 1 atom stereocenters. The first-order valence-corrected chi connectivity index (χ1v) is 7.21. The molecular formula is C14H19NOS. The minimum Gasteiger partial charge on any atom is -0.386 e. The molecule has 1 heterocycles. The van der Waals surface area contributed by atoms with Crippen LogP contribution in [0.3, 0.4) is 0 Å². The fourth-order valence-electron chi connectivity index (χ4n) is 2.72. The lowest BCUT2D eigenvalue weighted by Gasteiger charge is -2.30. The largest absolute Gasteiger partial charge is 0.386 e. The van der Waals surface area contributed by atoms with Crippen LogP contribution in [-0.2, 0) is 0 Å². The quantitative estimate of drug-likeness (QED) is 0.806. The predicted molar refractivity (Wildman–Crippen MR) is 69.8 cm³/mol. The van der Waals surface area contributed by atoms with Crippen LogP contribution >= 0.6 is 11.3 Å². The summed E-state index contributed by atoms with van der Waals surface area (Å²) in [6.07, 6.45) is 5.58. The van der Waals surface area contributed by atoms with E-state index in [1.807, 2.05) is 18.4 Å². The van der Waals surface area contributed by atoms with Gasteiger partial charge >= 0.3 is 0 Å². The first kappa shape index (κ1) is 12.6. The zero-order valence-corrected chi connectivity index (χ0v) is 11.1. The van der Waals surface area contributed by atoms with E-state index in [4.69, 9.17) is 0 Å². The maximum Gasteiger partial charge on any atom is 0.107 e. The van der Waals surface area contributed by atoms with E-state index in [1.54, 1.807) is 11.3 Å². The van der Waals surface area contributed by atoms with E-state index in [2.05, 4.69) is 6.07 Å². The Morgan fingerprint density at radius 1 is 1.35 bits per heavy atom. The highest BCUT2D eigenvalue weighted by atomic mass is 32.1. The summed E-state index contributed by atoms with van der Waals surface area (Å²) in [5, 5.41) is 22.1. The Kier molecular flexibility index (Phi) is 3.86. The van der Waals surface area contributed by atoms with Crippen molar-refractivity contribution in [3.8, 4) is 6.07 Å². The van der Waals surface area contributed by atoms with E-state index >= 15 is 0 Å². The van der Waals surface area contributed by atoms with Crippen LogP contribution in [0.5, 0.6) is 0 Å². The van der Waals surface area contributed by atoms with Crippen molar-refractivity contribution in [1.82, 2.24) is 0 Å². The molecule has 0 aliphatic heterocycles. The van der Waals surface area contributed by atoms with Gasteiger partial charge in [-0.05, 0) is 36.8 Å². The molecule has 1 N–H and O–H groups in total. The second-order valence-corrected chi connectivity index (χ2v) is 6.00. The SMILES string of the molecule is Cc1ccsc1C(O)C1(C#N)CCCCCC1. The zero-order valence-electron chi connectivity index (χ0n) is 10.3. The van der Waals surface area contributed by atoms with Crippen LogP contribution in [0, 0.1) is 23.7 Å². The first-order valence-electron chi connectivity index (χ1n) is 6.33. The third kappa shape index (κ3) is 2.38. The Morgan fingerprint density at radius 3 is 2.47 bits per heavy atom. The Morgan fingerprint density at radius 2 is 2.00 bits per heavy atom. The summed E-state index contributed by atoms with van der Waals surface area (Å²) in [5.74, 6) is 0. The lowest BCUT2D eigenvalue weighted by molar-refractivity contribution is 0.0541. The van der Waals surface area contributed by atoms with Crippen LogP contribution in [0.4, 0.5) is 0 Å². The second kappa shape index (κ2) is 5.20. The zero-order chi connectivity index (χ0) is 12.3. The predicted octanol–water partition coefficient (Wildman–Crippen LogP) is 3.95. The summed E-state index contributed by atoms with van der Waals surface area (Å²) in [7, 11) is 0. The van der Waals surface area contributed by atoms with Gasteiger partial charge < -0.3 is 5.11 Å². The molecule has 1 aromatic heterocycles. The molecule has 0 aromatic carbocycles. The van der Waals surface area contributed by atoms with Crippen LogP contribution in [0.25, 0.3) is 0 Å². The molecule has 2 rings (SSSR count). The highest BCUT2D eigenvalue weighted by molar-refractivity contribution is 7.10. The number of hydrogen-bond donors (Lipinski definition) is 1. The minimum absolute atomic E-state index is 0.549. The number of aryl methyl sites for hydroxylation is 1. The molecule has 1 unspecified atom stereocenters. The van der Waals surface area contributed by atoms with Crippen molar-refractivity contribution in [2.75, 3.05) is 0 Å². The lowest BCUT2D eigenvalue weighted by Crippen LogP contribution is -2.26. The summed E-state index contributed by atoms with van der Waals surface area (Å²) >= 11 is 1.57. The van der Waals surface area contributed by atoms with Crippen molar-refractivity contribution in [1.29, 1.82) is 5.26 Å². The molecule has 1 aliphatic rings. The standard InChI is InChI=1S/C14H19NOS/c1-11-6-9-17-12(11)13(16)14(10-15)7-4-2-3-5-8-14/h6,9,13,16H,2-5,7-8H2,1H3. The molecule has 2 nitrogen and oxygen atoms in total. The molecule has 0 saturated heterocycles. The Labute approximate surface area is 107 Å². The van der Waals surface area contributed by atoms with Gasteiger partial charge in [-0.1, -0.05) is 25.7 Å². The average molecular weight is 249 g/mol. The summed E-state index contributed by atoms with van der Waals surface area (Å²) in [5.41, 5.74) is 0.563. The van der Waals surface area contributed by atoms with Crippen LogP contribution in [-0.4, -0.2) is 5.11 Å². The smallest absolute Gasteiger partial charge is 0.107 e. The molecule has 92 valence electrons. The molecule has 0 bridgehead atoms. The van der Waals surface area contributed by atoms with Gasteiger partial charge in [0.25, 0.3) is 0 Å². The number of aliphatic hydroxyl groups excluding tert-OH is 1. The van der Waals surface area contributed by atoms with Gasteiger partial charge in [-0.25, -0.2) is 0 Å². The summed E-state index contributed by atoms with van der Waals surface area (Å²) in [6, 6.07) is 4.45. The van der Waals surface area contributed by atoms with Gasteiger partial charge in [0.2, 0.25) is 0 Å². The van der Waals surface area contributed by atoms with Crippen LogP contribution in [0.15, 0.2) is 11.4 Å². The summed E-state index contributed by atoms with van der Waals surface area (Å²) in [4.78, 5) is 0.980. The molecular weight excluding hydrogens is 230 g/mol. The first-order chi connectivity index (χ1) is 8.19. The van der Waals surface area contributed by atoms with Crippen LogP contribution < -0.4 is 0 Å². The molecule has 0 amide bonds. The lowest BCUT2D eigenvalue weighted by atomic mass is 9.76. The van der Waals surface area contributed by atoms with Crippen molar-refractivity contribution < 1.29 is 5.11 Å². The summed E-state index contributed by atoms with van der Waals surface area (Å²) < 4.78 is 0. The van der Waals surface area contributed by atoms with E-state index in [-0.39, 0.29) is 0 Å². The molecule has 17 heavy (non-hydrogen) atoms. The van der Waals surface area contributed by atoms with Gasteiger partial charge in [0.15, 0.2) is 0 Å². The number of thiophene rings is 1. The van der Waals surface area contributed by atoms with Crippen molar-refractivity contribution in [3.63, 3.8) is 0 Å². The van der Waals surface area contributed by atoms with Gasteiger partial charge in [-0.3, -0.25) is 0 Å². The fourth-order valence-corrected chi connectivity index (χ4v) is 3.75. The Bertz CT molecular complexity index is 410. The van der Waals surface area contributed by atoms with Gasteiger partial charge in [-0.15, -0.1) is 11.3 Å². The van der Waals surface area contributed by atoms with Gasteiger partial charge in [0, 0.05) is 4.88 Å². The molecule has 0 radical (unpaired) electrons. The number of nitriles is 1. The van der Waals surface area contributed by atoms with Crippen molar-refractivity contribution >= 4 is 11.3 Å². The van der Waals surface area contributed by atoms with Crippen LogP contribution in [0.1, 0.15) is 55.1 Å². The second-order valence-electron chi connectivity index (χ2n) is 5.05. The van der Waals surface area contributed by atoms with Crippen LogP contribution in [0.2, 0.25) is 0 Å². The number of aliphatic hydroxyl groups is 1. The van der Waals surface area contributed by atoms with Crippen molar-refractivity contribution in [2.45, 2.75) is 51.6 Å². The molecule has 1 aliphatic carbocycles. The average Bonchev–Trinajstić information content (AvgIpc) is 2.64. The Hall–Kier alpha value is -0.850. The topological polar surface area (TPSA) is 44.0 Å². The van der Waals surface area contributed by atoms with Gasteiger partial charge in [0.05, 0.1) is 11.5 Å². The third-order valence-corrected chi connectivity index (χ3v) is 4.96.